The van der Waals surface area contributed by atoms with E-state index in [1.807, 2.05) is 18.2 Å². The Hall–Kier alpha value is -2.68. The Bertz CT molecular complexity index is 1190. The van der Waals surface area contributed by atoms with Gasteiger partial charge in [-0.2, -0.15) is 4.31 Å². The molecular weight excluding hydrogens is 414 g/mol. The number of rotatable bonds is 4. The summed E-state index contributed by atoms with van der Waals surface area (Å²) in [5.74, 6) is 0.834. The molecule has 1 saturated heterocycles. The molecule has 7 nitrogen and oxygen atoms in total. The minimum absolute atomic E-state index is 0.193. The van der Waals surface area contributed by atoms with E-state index in [-0.39, 0.29) is 6.04 Å². The van der Waals surface area contributed by atoms with E-state index >= 15 is 0 Å². The Morgan fingerprint density at radius 3 is 2.71 bits per heavy atom. The Morgan fingerprint density at radius 2 is 1.90 bits per heavy atom. The topological polar surface area (TPSA) is 72.0 Å². The van der Waals surface area contributed by atoms with Crippen LogP contribution in [0, 0.1) is 0 Å². The standard InChI is InChI=1S/C23H25N3O4S/c1-29-21-6-2-5-18-15-30-16-26(23(18)21)19-9-12-25(13-10-19)31(27,28)22-7-3-4-17-14-24-11-8-20(17)22/h2-8,11,14,19H,9-10,12-13,15-16H2,1H3. The molecule has 0 amide bonds. The molecule has 0 radical (unpaired) electrons. The first kappa shape index (κ1) is 20.2. The lowest BCUT2D eigenvalue weighted by Gasteiger charge is -2.42. The van der Waals surface area contributed by atoms with Crippen LogP contribution < -0.4 is 9.64 Å². The summed E-state index contributed by atoms with van der Waals surface area (Å²) < 4.78 is 39.9. The van der Waals surface area contributed by atoms with Crippen LogP contribution in [-0.4, -0.2) is 50.7 Å². The lowest BCUT2D eigenvalue weighted by Crippen LogP contribution is -2.48. The number of anilines is 1. The van der Waals surface area contributed by atoms with Gasteiger partial charge in [-0.05, 0) is 31.0 Å². The first-order chi connectivity index (χ1) is 15.1. The van der Waals surface area contributed by atoms with Crippen molar-refractivity contribution in [3.8, 4) is 5.75 Å². The van der Waals surface area contributed by atoms with Crippen molar-refractivity contribution in [1.29, 1.82) is 0 Å². The zero-order valence-corrected chi connectivity index (χ0v) is 18.2. The molecule has 0 saturated carbocycles. The van der Waals surface area contributed by atoms with Gasteiger partial charge in [0.1, 0.15) is 12.5 Å². The van der Waals surface area contributed by atoms with Crippen molar-refractivity contribution in [3.63, 3.8) is 0 Å². The van der Waals surface area contributed by atoms with Crippen LogP contribution >= 0.6 is 0 Å². The van der Waals surface area contributed by atoms with Gasteiger partial charge in [0.15, 0.2) is 0 Å². The number of sulfonamides is 1. The van der Waals surface area contributed by atoms with Gasteiger partial charge in [0.2, 0.25) is 10.0 Å². The molecule has 2 aliphatic heterocycles. The van der Waals surface area contributed by atoms with Crippen LogP contribution in [0.25, 0.3) is 10.8 Å². The average Bonchev–Trinajstić information content (AvgIpc) is 2.83. The lowest BCUT2D eigenvalue weighted by molar-refractivity contribution is 0.0979. The summed E-state index contributed by atoms with van der Waals surface area (Å²) in [5, 5.41) is 1.54. The van der Waals surface area contributed by atoms with Gasteiger partial charge in [-0.15, -0.1) is 0 Å². The second kappa shape index (κ2) is 8.11. The van der Waals surface area contributed by atoms with Crippen molar-refractivity contribution >= 4 is 26.5 Å². The highest BCUT2D eigenvalue weighted by molar-refractivity contribution is 7.89. The summed E-state index contributed by atoms with van der Waals surface area (Å²) in [7, 11) is -1.91. The van der Waals surface area contributed by atoms with Gasteiger partial charge in [-0.3, -0.25) is 4.98 Å². The summed E-state index contributed by atoms with van der Waals surface area (Å²) in [4.78, 5) is 6.68. The van der Waals surface area contributed by atoms with Crippen molar-refractivity contribution in [1.82, 2.24) is 9.29 Å². The van der Waals surface area contributed by atoms with Crippen molar-refractivity contribution in [2.24, 2.45) is 0 Å². The Morgan fingerprint density at radius 1 is 1.10 bits per heavy atom. The van der Waals surface area contributed by atoms with Crippen LogP contribution in [0.5, 0.6) is 5.75 Å². The number of benzene rings is 2. The van der Waals surface area contributed by atoms with Crippen molar-refractivity contribution in [2.75, 3.05) is 31.8 Å². The molecule has 0 spiro atoms. The first-order valence-corrected chi connectivity index (χ1v) is 11.9. The SMILES string of the molecule is COc1cccc2c1N(C1CCN(S(=O)(=O)c3cccc4cnccc34)CC1)COC2. The van der Waals surface area contributed by atoms with Gasteiger partial charge >= 0.3 is 0 Å². The highest BCUT2D eigenvalue weighted by Crippen LogP contribution is 2.39. The van der Waals surface area contributed by atoms with Crippen LogP contribution in [0.2, 0.25) is 0 Å². The Balaban J connectivity index is 1.38. The maximum absolute atomic E-state index is 13.4. The summed E-state index contributed by atoms with van der Waals surface area (Å²) >= 11 is 0. The number of methoxy groups -OCH3 is 1. The van der Waals surface area contributed by atoms with Crippen molar-refractivity contribution < 1.29 is 17.9 Å². The summed E-state index contributed by atoms with van der Waals surface area (Å²) in [6.45, 7) is 1.98. The molecule has 0 unspecified atom stereocenters. The molecule has 0 aliphatic carbocycles. The van der Waals surface area contributed by atoms with Gasteiger partial charge in [0.05, 0.1) is 24.3 Å². The third-order valence-corrected chi connectivity index (χ3v) is 8.16. The second-order valence-corrected chi connectivity index (χ2v) is 9.81. The molecule has 2 aliphatic rings. The average molecular weight is 440 g/mol. The highest BCUT2D eigenvalue weighted by atomic mass is 32.2. The van der Waals surface area contributed by atoms with Crippen LogP contribution in [-0.2, 0) is 21.4 Å². The van der Waals surface area contributed by atoms with E-state index in [0.717, 1.165) is 35.2 Å². The maximum atomic E-state index is 13.4. The second-order valence-electron chi connectivity index (χ2n) is 7.90. The molecule has 0 N–H and O–H groups in total. The Kier molecular flexibility index (Phi) is 5.29. The molecule has 3 aromatic rings. The Labute approximate surface area is 182 Å². The predicted octanol–water partition coefficient (Wildman–Crippen LogP) is 3.39. The smallest absolute Gasteiger partial charge is 0.243 e. The van der Waals surface area contributed by atoms with Gasteiger partial charge in [-0.25, -0.2) is 8.42 Å². The van der Waals surface area contributed by atoms with Gasteiger partial charge in [0.25, 0.3) is 0 Å². The normalized spacial score (nSPS) is 18.2. The monoisotopic (exact) mass is 439 g/mol. The van der Waals surface area contributed by atoms with Crippen LogP contribution in [0.15, 0.2) is 59.8 Å². The van der Waals surface area contributed by atoms with E-state index in [2.05, 4.69) is 16.0 Å². The molecular formula is C23H25N3O4S. The van der Waals surface area contributed by atoms with E-state index in [1.165, 1.54) is 0 Å². The molecule has 162 valence electrons. The lowest BCUT2D eigenvalue weighted by atomic mass is 10.0. The highest BCUT2D eigenvalue weighted by Gasteiger charge is 2.35. The number of hydrogen-bond donors (Lipinski definition) is 0. The first-order valence-electron chi connectivity index (χ1n) is 10.4. The van der Waals surface area contributed by atoms with Crippen molar-refractivity contribution in [3.05, 3.63) is 60.4 Å². The molecule has 31 heavy (non-hydrogen) atoms. The fraction of sp³-hybridized carbons (Fsp3) is 0.348. The minimum Gasteiger partial charge on any atom is -0.495 e. The van der Waals surface area contributed by atoms with Gasteiger partial charge < -0.3 is 14.4 Å². The van der Waals surface area contributed by atoms with Gasteiger partial charge in [0, 0.05) is 47.9 Å². The number of ether oxygens (including phenoxy) is 2. The third-order valence-electron chi connectivity index (χ3n) is 6.20. The number of para-hydroxylation sites is 1. The van der Waals surface area contributed by atoms with E-state index in [9.17, 15) is 8.42 Å². The van der Waals surface area contributed by atoms with E-state index < -0.39 is 10.0 Å². The van der Waals surface area contributed by atoms with E-state index in [4.69, 9.17) is 9.47 Å². The summed E-state index contributed by atoms with van der Waals surface area (Å²) in [5.41, 5.74) is 2.17. The maximum Gasteiger partial charge on any atom is 0.243 e. The largest absolute Gasteiger partial charge is 0.495 e. The van der Waals surface area contributed by atoms with E-state index in [0.29, 0.717) is 36.7 Å². The number of pyridine rings is 1. The number of aromatic nitrogens is 1. The minimum atomic E-state index is -3.59. The fourth-order valence-electron chi connectivity index (χ4n) is 4.63. The predicted molar refractivity (Wildman–Crippen MR) is 119 cm³/mol. The third kappa shape index (κ3) is 3.54. The molecule has 2 aromatic carbocycles. The van der Waals surface area contributed by atoms with Crippen molar-refractivity contribution in [2.45, 2.75) is 30.4 Å². The van der Waals surface area contributed by atoms with Crippen LogP contribution in [0.1, 0.15) is 18.4 Å². The quantitative estimate of drug-likeness (QED) is 0.621. The van der Waals surface area contributed by atoms with Gasteiger partial charge in [-0.1, -0.05) is 24.3 Å². The number of hydrogen-bond acceptors (Lipinski definition) is 6. The molecule has 3 heterocycles. The van der Waals surface area contributed by atoms with E-state index in [1.54, 1.807) is 42.0 Å². The van der Waals surface area contributed by atoms with Crippen LogP contribution in [0.3, 0.4) is 0 Å². The molecule has 0 atom stereocenters. The number of piperidine rings is 1. The summed E-state index contributed by atoms with van der Waals surface area (Å²) in [6.07, 6.45) is 4.79. The van der Waals surface area contributed by atoms with Crippen LogP contribution in [0.4, 0.5) is 5.69 Å². The molecule has 0 bridgehead atoms. The fourth-order valence-corrected chi connectivity index (χ4v) is 6.32. The molecule has 8 heteroatoms. The molecule has 1 aromatic heterocycles. The number of fused-ring (bicyclic) bond motifs is 2. The molecule has 5 rings (SSSR count). The number of nitrogens with zero attached hydrogens (tertiary/aromatic N) is 3. The molecule has 1 fully saturated rings. The zero-order chi connectivity index (χ0) is 21.4. The zero-order valence-electron chi connectivity index (χ0n) is 17.4. The summed E-state index contributed by atoms with van der Waals surface area (Å²) in [6, 6.07) is 13.3.